The van der Waals surface area contributed by atoms with Gasteiger partial charge in [-0.25, -0.2) is 0 Å². The molecule has 0 spiro atoms. The Morgan fingerprint density at radius 1 is 1.50 bits per heavy atom. The van der Waals surface area contributed by atoms with Gasteiger partial charge in [0.2, 0.25) is 5.91 Å². The maximum absolute atomic E-state index is 12.2. The van der Waals surface area contributed by atoms with Crippen LogP contribution >= 0.6 is 27.7 Å². The smallest absolute Gasteiger partial charge is 0.324 e. The van der Waals surface area contributed by atoms with Crippen LogP contribution in [0.15, 0.2) is 28.7 Å². The summed E-state index contributed by atoms with van der Waals surface area (Å²) >= 11 is 5.08. The van der Waals surface area contributed by atoms with Crippen LogP contribution < -0.4 is 5.32 Å². The SMILES string of the molecule is CCOC(=O)C1CSCCN1CC(=O)Nc1cccc(Br)c1. The number of nitrogens with one attached hydrogen (secondary N) is 1. The van der Waals surface area contributed by atoms with E-state index in [1.54, 1.807) is 18.7 Å². The second-order valence-electron chi connectivity index (χ2n) is 4.87. The number of amides is 1. The van der Waals surface area contributed by atoms with Gasteiger partial charge in [-0.3, -0.25) is 14.5 Å². The van der Waals surface area contributed by atoms with Gasteiger partial charge in [0, 0.05) is 28.2 Å². The Balaban J connectivity index is 1.94. The zero-order chi connectivity index (χ0) is 15.9. The van der Waals surface area contributed by atoms with E-state index in [-0.39, 0.29) is 24.5 Å². The maximum Gasteiger partial charge on any atom is 0.324 e. The fraction of sp³-hybridized carbons (Fsp3) is 0.467. The molecule has 0 bridgehead atoms. The van der Waals surface area contributed by atoms with Crippen molar-refractivity contribution in [2.45, 2.75) is 13.0 Å². The van der Waals surface area contributed by atoms with E-state index in [1.165, 1.54) is 0 Å². The first-order chi connectivity index (χ1) is 10.6. The standard InChI is InChI=1S/C15H19BrN2O3S/c1-2-21-15(20)13-10-22-7-6-18(13)9-14(19)17-12-5-3-4-11(16)8-12/h3-5,8,13H,2,6-7,9-10H2,1H3,(H,17,19). The Morgan fingerprint density at radius 2 is 2.32 bits per heavy atom. The van der Waals surface area contributed by atoms with Gasteiger partial charge in [-0.2, -0.15) is 11.8 Å². The van der Waals surface area contributed by atoms with E-state index >= 15 is 0 Å². The van der Waals surface area contributed by atoms with Crippen molar-refractivity contribution in [3.63, 3.8) is 0 Å². The summed E-state index contributed by atoms with van der Waals surface area (Å²) < 4.78 is 6.00. The fourth-order valence-corrected chi connectivity index (χ4v) is 3.73. The third-order valence-corrected chi connectivity index (χ3v) is 4.77. The Labute approximate surface area is 142 Å². The van der Waals surface area contributed by atoms with Crippen LogP contribution in [-0.2, 0) is 14.3 Å². The first-order valence-corrected chi connectivity index (χ1v) is 9.08. The first-order valence-electron chi connectivity index (χ1n) is 7.14. The highest BCUT2D eigenvalue weighted by atomic mass is 79.9. The van der Waals surface area contributed by atoms with Gasteiger partial charge < -0.3 is 10.1 Å². The molecule has 1 heterocycles. The van der Waals surface area contributed by atoms with Crippen LogP contribution in [0.5, 0.6) is 0 Å². The second-order valence-corrected chi connectivity index (χ2v) is 6.94. The lowest BCUT2D eigenvalue weighted by Crippen LogP contribution is -2.50. The molecule has 1 aliphatic heterocycles. The lowest BCUT2D eigenvalue weighted by atomic mass is 10.2. The molecule has 2 rings (SSSR count). The molecule has 0 aliphatic carbocycles. The van der Waals surface area contributed by atoms with Crippen molar-refractivity contribution in [2.24, 2.45) is 0 Å². The van der Waals surface area contributed by atoms with Crippen molar-refractivity contribution < 1.29 is 14.3 Å². The zero-order valence-electron chi connectivity index (χ0n) is 12.4. The van der Waals surface area contributed by atoms with Crippen LogP contribution in [0.3, 0.4) is 0 Å². The van der Waals surface area contributed by atoms with Crippen LogP contribution in [0.25, 0.3) is 0 Å². The summed E-state index contributed by atoms with van der Waals surface area (Å²) in [5.41, 5.74) is 0.735. The molecule has 22 heavy (non-hydrogen) atoms. The number of halogens is 1. The number of rotatable bonds is 5. The predicted octanol–water partition coefficient (Wildman–Crippen LogP) is 2.37. The zero-order valence-corrected chi connectivity index (χ0v) is 14.8. The number of carbonyl (C=O) groups excluding carboxylic acids is 2. The molecule has 1 atom stereocenters. The maximum atomic E-state index is 12.2. The Hall–Kier alpha value is -1.05. The first kappa shape index (κ1) is 17.3. The highest BCUT2D eigenvalue weighted by Crippen LogP contribution is 2.19. The highest BCUT2D eigenvalue weighted by Gasteiger charge is 2.31. The van der Waals surface area contributed by atoms with Gasteiger partial charge in [0.05, 0.1) is 13.2 Å². The number of ether oxygens (including phenoxy) is 1. The average Bonchev–Trinajstić information content (AvgIpc) is 2.48. The minimum absolute atomic E-state index is 0.126. The monoisotopic (exact) mass is 386 g/mol. The lowest BCUT2D eigenvalue weighted by Gasteiger charge is -2.32. The molecule has 5 nitrogen and oxygen atoms in total. The Kier molecular flexibility index (Phi) is 6.72. The third kappa shape index (κ3) is 5.00. The fourth-order valence-electron chi connectivity index (χ4n) is 2.23. The van der Waals surface area contributed by atoms with Gasteiger partial charge in [0.1, 0.15) is 6.04 Å². The van der Waals surface area contributed by atoms with Gasteiger partial charge in [-0.1, -0.05) is 22.0 Å². The van der Waals surface area contributed by atoms with E-state index in [2.05, 4.69) is 21.2 Å². The van der Waals surface area contributed by atoms with E-state index in [4.69, 9.17) is 4.74 Å². The van der Waals surface area contributed by atoms with E-state index in [0.29, 0.717) is 18.9 Å². The number of benzene rings is 1. The number of anilines is 1. The molecule has 1 amide bonds. The average molecular weight is 387 g/mol. The molecule has 0 aromatic heterocycles. The molecule has 120 valence electrons. The number of nitrogens with zero attached hydrogens (tertiary/aromatic N) is 1. The van der Waals surface area contributed by atoms with Crippen molar-refractivity contribution in [3.8, 4) is 0 Å². The summed E-state index contributed by atoms with van der Waals surface area (Å²) in [5.74, 6) is 1.22. The van der Waals surface area contributed by atoms with Crippen molar-refractivity contribution >= 4 is 45.3 Å². The summed E-state index contributed by atoms with van der Waals surface area (Å²) in [6, 6.07) is 7.09. The van der Waals surface area contributed by atoms with Gasteiger partial charge in [-0.05, 0) is 25.1 Å². The van der Waals surface area contributed by atoms with Crippen molar-refractivity contribution in [2.75, 3.05) is 36.5 Å². The Bertz CT molecular complexity index is 541. The summed E-state index contributed by atoms with van der Waals surface area (Å²) in [5, 5.41) is 2.85. The van der Waals surface area contributed by atoms with Gasteiger partial charge >= 0.3 is 5.97 Å². The van der Waals surface area contributed by atoms with Crippen molar-refractivity contribution in [1.82, 2.24) is 4.90 Å². The molecule has 1 fully saturated rings. The largest absolute Gasteiger partial charge is 0.465 e. The predicted molar refractivity (Wildman–Crippen MR) is 92.1 cm³/mol. The minimum Gasteiger partial charge on any atom is -0.465 e. The molecule has 1 unspecified atom stereocenters. The molecular formula is C15H19BrN2O3S. The second kappa shape index (κ2) is 8.55. The van der Waals surface area contributed by atoms with Crippen LogP contribution in [0.1, 0.15) is 6.92 Å². The molecule has 1 aromatic carbocycles. The summed E-state index contributed by atoms with van der Waals surface area (Å²) in [7, 11) is 0. The van der Waals surface area contributed by atoms with Crippen LogP contribution in [-0.4, -0.2) is 54.0 Å². The van der Waals surface area contributed by atoms with E-state index in [0.717, 1.165) is 15.9 Å². The highest BCUT2D eigenvalue weighted by molar-refractivity contribution is 9.10. The molecule has 1 aromatic rings. The van der Waals surface area contributed by atoms with Gasteiger partial charge in [0.15, 0.2) is 0 Å². The van der Waals surface area contributed by atoms with E-state index in [9.17, 15) is 9.59 Å². The topological polar surface area (TPSA) is 58.6 Å². The summed E-state index contributed by atoms with van der Waals surface area (Å²) in [6.07, 6.45) is 0. The number of thioether (sulfide) groups is 1. The molecule has 0 saturated carbocycles. The third-order valence-electron chi connectivity index (χ3n) is 3.25. The lowest BCUT2D eigenvalue weighted by molar-refractivity contribution is -0.148. The minimum atomic E-state index is -0.341. The molecular weight excluding hydrogens is 368 g/mol. The van der Waals surface area contributed by atoms with E-state index < -0.39 is 0 Å². The number of hydrogen-bond acceptors (Lipinski definition) is 5. The number of carbonyl (C=O) groups is 2. The van der Waals surface area contributed by atoms with Crippen LogP contribution in [0.4, 0.5) is 5.69 Å². The quantitative estimate of drug-likeness (QED) is 0.787. The Morgan fingerprint density at radius 3 is 3.05 bits per heavy atom. The molecule has 1 N–H and O–H groups in total. The molecule has 1 saturated heterocycles. The number of esters is 1. The summed E-state index contributed by atoms with van der Waals surface area (Å²) in [6.45, 7) is 3.05. The van der Waals surface area contributed by atoms with Crippen LogP contribution in [0.2, 0.25) is 0 Å². The number of hydrogen-bond donors (Lipinski definition) is 1. The molecule has 0 radical (unpaired) electrons. The normalized spacial score (nSPS) is 18.7. The van der Waals surface area contributed by atoms with E-state index in [1.807, 2.05) is 29.2 Å². The van der Waals surface area contributed by atoms with Crippen LogP contribution in [0, 0.1) is 0 Å². The van der Waals surface area contributed by atoms with Crippen molar-refractivity contribution in [1.29, 1.82) is 0 Å². The van der Waals surface area contributed by atoms with Gasteiger partial charge in [-0.15, -0.1) is 0 Å². The molecule has 1 aliphatic rings. The molecule has 7 heteroatoms. The summed E-state index contributed by atoms with van der Waals surface area (Å²) in [4.78, 5) is 26.1. The van der Waals surface area contributed by atoms with Gasteiger partial charge in [0.25, 0.3) is 0 Å². The van der Waals surface area contributed by atoms with Crippen molar-refractivity contribution in [3.05, 3.63) is 28.7 Å².